The number of aliphatic hydroxyl groups is 1. The standard InChI is InChI=1S/C15H30O2Si/c1-8-10-13(16)12-14(11-9-2)17-18(6,7)15(3,4)5/h2,13-14,16H,8,10-12H2,1,3-7H3/t13-,14-/m0/s1. The molecule has 0 amide bonds. The van der Waals surface area contributed by atoms with E-state index in [0.717, 1.165) is 12.8 Å². The van der Waals surface area contributed by atoms with Crippen molar-refractivity contribution in [2.75, 3.05) is 0 Å². The van der Waals surface area contributed by atoms with E-state index in [4.69, 9.17) is 10.8 Å². The van der Waals surface area contributed by atoms with Gasteiger partial charge in [0.2, 0.25) is 0 Å². The van der Waals surface area contributed by atoms with Gasteiger partial charge in [-0.15, -0.1) is 12.3 Å². The molecule has 3 heteroatoms. The summed E-state index contributed by atoms with van der Waals surface area (Å²) >= 11 is 0. The second-order valence-electron chi connectivity index (χ2n) is 6.59. The zero-order valence-electron chi connectivity index (χ0n) is 12.9. The number of terminal acetylenes is 1. The number of hydrogen-bond donors (Lipinski definition) is 1. The van der Waals surface area contributed by atoms with Crippen LogP contribution in [0.2, 0.25) is 18.1 Å². The molecule has 0 aliphatic rings. The Bertz CT molecular complexity index is 273. The maximum atomic E-state index is 9.91. The van der Waals surface area contributed by atoms with Gasteiger partial charge in [-0.05, 0) is 31.0 Å². The van der Waals surface area contributed by atoms with E-state index in [0.29, 0.717) is 12.8 Å². The molecule has 1 N–H and O–H groups in total. The summed E-state index contributed by atoms with van der Waals surface area (Å²) in [6, 6.07) is 0. The molecule has 0 saturated heterocycles. The van der Waals surface area contributed by atoms with Crippen LogP contribution in [-0.4, -0.2) is 25.6 Å². The minimum absolute atomic E-state index is 0.00237. The zero-order valence-corrected chi connectivity index (χ0v) is 13.9. The fourth-order valence-electron chi connectivity index (χ4n) is 1.65. The number of hydrogen-bond acceptors (Lipinski definition) is 2. The summed E-state index contributed by atoms with van der Waals surface area (Å²) in [7, 11) is -1.80. The zero-order chi connectivity index (χ0) is 14.4. The molecule has 0 fully saturated rings. The summed E-state index contributed by atoms with van der Waals surface area (Å²) in [5, 5.41) is 10.1. The fraction of sp³-hybridized carbons (Fsp3) is 0.867. The second-order valence-corrected chi connectivity index (χ2v) is 11.3. The van der Waals surface area contributed by atoms with Crippen LogP contribution in [0.25, 0.3) is 0 Å². The lowest BCUT2D eigenvalue weighted by Gasteiger charge is -2.39. The second kappa shape index (κ2) is 7.33. The van der Waals surface area contributed by atoms with Crippen molar-refractivity contribution in [1.29, 1.82) is 0 Å². The van der Waals surface area contributed by atoms with Crippen LogP contribution in [0.4, 0.5) is 0 Å². The van der Waals surface area contributed by atoms with E-state index >= 15 is 0 Å². The lowest BCUT2D eigenvalue weighted by Crippen LogP contribution is -2.44. The maximum absolute atomic E-state index is 9.91. The van der Waals surface area contributed by atoms with Gasteiger partial charge in [0.15, 0.2) is 8.32 Å². The SMILES string of the molecule is C#CC[C@@H](C[C@@H](O)CCC)O[Si](C)(C)C(C)(C)C. The van der Waals surface area contributed by atoms with E-state index in [1.807, 2.05) is 0 Å². The van der Waals surface area contributed by atoms with Gasteiger partial charge in [0.25, 0.3) is 0 Å². The Morgan fingerprint density at radius 1 is 1.33 bits per heavy atom. The largest absolute Gasteiger partial charge is 0.413 e. The molecular weight excluding hydrogens is 240 g/mol. The highest BCUT2D eigenvalue weighted by Gasteiger charge is 2.39. The maximum Gasteiger partial charge on any atom is 0.192 e. The highest BCUT2D eigenvalue weighted by molar-refractivity contribution is 6.74. The van der Waals surface area contributed by atoms with Crippen molar-refractivity contribution in [3.8, 4) is 12.3 Å². The minimum atomic E-state index is -1.80. The van der Waals surface area contributed by atoms with Crippen molar-refractivity contribution < 1.29 is 9.53 Å². The molecule has 2 atom stereocenters. The number of aliphatic hydroxyl groups excluding tert-OH is 1. The summed E-state index contributed by atoms with van der Waals surface area (Å²) in [5.41, 5.74) is 0. The van der Waals surface area contributed by atoms with Crippen LogP contribution < -0.4 is 0 Å². The predicted octanol–water partition coefficient (Wildman–Crippen LogP) is 3.95. The Morgan fingerprint density at radius 3 is 2.28 bits per heavy atom. The van der Waals surface area contributed by atoms with Crippen LogP contribution in [0.3, 0.4) is 0 Å². The molecule has 0 aromatic heterocycles. The normalized spacial score (nSPS) is 16.1. The fourth-order valence-corrected chi connectivity index (χ4v) is 3.02. The molecule has 0 unspecified atom stereocenters. The lowest BCUT2D eigenvalue weighted by atomic mass is 10.1. The van der Waals surface area contributed by atoms with Gasteiger partial charge in [-0.1, -0.05) is 34.1 Å². The molecule has 0 spiro atoms. The first kappa shape index (κ1) is 17.7. The molecule has 0 heterocycles. The van der Waals surface area contributed by atoms with Crippen molar-refractivity contribution in [3.63, 3.8) is 0 Å². The Kier molecular flexibility index (Phi) is 7.20. The van der Waals surface area contributed by atoms with Gasteiger partial charge in [-0.2, -0.15) is 0 Å². The smallest absolute Gasteiger partial charge is 0.192 e. The van der Waals surface area contributed by atoms with Crippen LogP contribution in [-0.2, 0) is 4.43 Å². The van der Waals surface area contributed by atoms with Crippen molar-refractivity contribution in [2.45, 2.75) is 83.7 Å². The Balaban J connectivity index is 4.58. The van der Waals surface area contributed by atoms with Crippen molar-refractivity contribution in [3.05, 3.63) is 0 Å². The quantitative estimate of drug-likeness (QED) is 0.560. The van der Waals surface area contributed by atoms with E-state index in [-0.39, 0.29) is 17.2 Å². The summed E-state index contributed by atoms with van der Waals surface area (Å²) in [5.74, 6) is 2.68. The van der Waals surface area contributed by atoms with Gasteiger partial charge in [0.1, 0.15) is 0 Å². The molecule has 0 aromatic carbocycles. The summed E-state index contributed by atoms with van der Waals surface area (Å²) in [6.07, 6.45) is 8.17. The molecule has 0 bridgehead atoms. The monoisotopic (exact) mass is 270 g/mol. The lowest BCUT2D eigenvalue weighted by molar-refractivity contribution is 0.0831. The van der Waals surface area contributed by atoms with Crippen LogP contribution in [0.5, 0.6) is 0 Å². The Morgan fingerprint density at radius 2 is 1.89 bits per heavy atom. The molecular formula is C15H30O2Si. The Labute approximate surface area is 114 Å². The van der Waals surface area contributed by atoms with E-state index in [2.05, 4.69) is 46.7 Å². The van der Waals surface area contributed by atoms with Gasteiger partial charge in [0, 0.05) is 6.42 Å². The van der Waals surface area contributed by atoms with Crippen LogP contribution >= 0.6 is 0 Å². The van der Waals surface area contributed by atoms with E-state index in [1.54, 1.807) is 0 Å². The molecule has 2 nitrogen and oxygen atoms in total. The van der Waals surface area contributed by atoms with Crippen molar-refractivity contribution >= 4 is 8.32 Å². The van der Waals surface area contributed by atoms with E-state index < -0.39 is 8.32 Å². The molecule has 18 heavy (non-hydrogen) atoms. The van der Waals surface area contributed by atoms with Crippen LogP contribution in [0.1, 0.15) is 53.4 Å². The third-order valence-corrected chi connectivity index (χ3v) is 8.30. The van der Waals surface area contributed by atoms with Gasteiger partial charge in [-0.3, -0.25) is 0 Å². The van der Waals surface area contributed by atoms with Gasteiger partial charge < -0.3 is 9.53 Å². The Hall–Kier alpha value is -0.303. The van der Waals surface area contributed by atoms with Crippen molar-refractivity contribution in [1.82, 2.24) is 0 Å². The average Bonchev–Trinajstić information content (AvgIpc) is 2.15. The summed E-state index contributed by atoms with van der Waals surface area (Å²) in [6.45, 7) is 13.2. The summed E-state index contributed by atoms with van der Waals surface area (Å²) < 4.78 is 6.30. The predicted molar refractivity (Wildman–Crippen MR) is 81.1 cm³/mol. The summed E-state index contributed by atoms with van der Waals surface area (Å²) in [4.78, 5) is 0. The van der Waals surface area contributed by atoms with Crippen molar-refractivity contribution in [2.24, 2.45) is 0 Å². The van der Waals surface area contributed by atoms with Gasteiger partial charge in [0.05, 0.1) is 12.2 Å². The third kappa shape index (κ3) is 6.04. The van der Waals surface area contributed by atoms with Crippen LogP contribution in [0.15, 0.2) is 0 Å². The van der Waals surface area contributed by atoms with Gasteiger partial charge >= 0.3 is 0 Å². The molecule has 0 aliphatic carbocycles. The molecule has 0 radical (unpaired) electrons. The number of rotatable bonds is 7. The minimum Gasteiger partial charge on any atom is -0.413 e. The molecule has 0 rings (SSSR count). The molecule has 0 saturated carbocycles. The first-order valence-electron chi connectivity index (χ1n) is 6.93. The molecule has 0 aromatic rings. The first-order chi connectivity index (χ1) is 8.14. The van der Waals surface area contributed by atoms with Crippen LogP contribution in [0, 0.1) is 12.3 Å². The highest BCUT2D eigenvalue weighted by atomic mass is 28.4. The first-order valence-corrected chi connectivity index (χ1v) is 9.84. The highest BCUT2D eigenvalue weighted by Crippen LogP contribution is 2.38. The molecule has 0 aliphatic heterocycles. The topological polar surface area (TPSA) is 29.5 Å². The van der Waals surface area contributed by atoms with E-state index in [1.165, 1.54) is 0 Å². The average molecular weight is 270 g/mol. The third-order valence-electron chi connectivity index (χ3n) is 3.77. The molecule has 106 valence electrons. The van der Waals surface area contributed by atoms with E-state index in [9.17, 15) is 5.11 Å². The van der Waals surface area contributed by atoms with Gasteiger partial charge in [-0.25, -0.2) is 0 Å².